The quantitative estimate of drug-likeness (QED) is 0.640. The maximum atomic E-state index is 12.5. The lowest BCUT2D eigenvalue weighted by atomic mass is 10.1. The Balaban J connectivity index is 1.75. The van der Waals surface area contributed by atoms with Crippen molar-refractivity contribution in [2.45, 2.75) is 51.3 Å². The molecule has 24 heavy (non-hydrogen) atoms. The number of nitrogens with zero attached hydrogens (tertiary/aromatic N) is 1. The van der Waals surface area contributed by atoms with Crippen LogP contribution in [0.5, 0.6) is 0 Å². The predicted octanol–water partition coefficient (Wildman–Crippen LogP) is 2.15. The van der Waals surface area contributed by atoms with Gasteiger partial charge in [0.15, 0.2) is 0 Å². The van der Waals surface area contributed by atoms with Crippen LogP contribution in [0.15, 0.2) is 24.3 Å². The molecule has 6 nitrogen and oxygen atoms in total. The van der Waals surface area contributed by atoms with Gasteiger partial charge < -0.3 is 10.1 Å². The third-order valence-corrected chi connectivity index (χ3v) is 4.56. The highest BCUT2D eigenvalue weighted by Crippen LogP contribution is 2.38. The SMILES string of the molecule is CCCCCNC(=O)[C@@H]1CCC(=O)N1C1OC(=O)c2ccccc21. The van der Waals surface area contributed by atoms with Gasteiger partial charge in [0, 0.05) is 18.5 Å². The van der Waals surface area contributed by atoms with Gasteiger partial charge in [0.2, 0.25) is 18.0 Å². The van der Waals surface area contributed by atoms with Crippen molar-refractivity contribution in [2.24, 2.45) is 0 Å². The molecule has 0 aromatic heterocycles. The van der Waals surface area contributed by atoms with Crippen LogP contribution >= 0.6 is 0 Å². The van der Waals surface area contributed by atoms with E-state index < -0.39 is 18.2 Å². The zero-order valence-corrected chi connectivity index (χ0v) is 13.8. The zero-order chi connectivity index (χ0) is 17.1. The minimum Gasteiger partial charge on any atom is -0.433 e. The lowest BCUT2D eigenvalue weighted by molar-refractivity contribution is -0.145. The Kier molecular flexibility index (Phi) is 4.83. The number of fused-ring (bicyclic) bond motifs is 1. The molecular formula is C18H22N2O4. The molecule has 2 heterocycles. The number of benzene rings is 1. The molecule has 2 amide bonds. The number of likely N-dealkylation sites (tertiary alicyclic amines) is 1. The van der Waals surface area contributed by atoms with Gasteiger partial charge >= 0.3 is 5.97 Å². The number of carbonyl (C=O) groups excluding carboxylic acids is 3. The van der Waals surface area contributed by atoms with E-state index in [0.29, 0.717) is 30.5 Å². The normalized spacial score (nSPS) is 22.5. The van der Waals surface area contributed by atoms with Gasteiger partial charge in [-0.3, -0.25) is 14.5 Å². The first kappa shape index (κ1) is 16.5. The first-order valence-corrected chi connectivity index (χ1v) is 8.52. The van der Waals surface area contributed by atoms with E-state index in [2.05, 4.69) is 12.2 Å². The van der Waals surface area contributed by atoms with Gasteiger partial charge in [-0.2, -0.15) is 0 Å². The number of cyclic esters (lactones) is 1. The van der Waals surface area contributed by atoms with Crippen molar-refractivity contribution in [1.29, 1.82) is 0 Å². The number of rotatable bonds is 6. The zero-order valence-electron chi connectivity index (χ0n) is 13.8. The molecule has 6 heteroatoms. The average molecular weight is 330 g/mol. The summed E-state index contributed by atoms with van der Waals surface area (Å²) in [7, 11) is 0. The van der Waals surface area contributed by atoms with Crippen LogP contribution in [0.3, 0.4) is 0 Å². The Morgan fingerprint density at radius 2 is 2.08 bits per heavy atom. The Morgan fingerprint density at radius 3 is 2.88 bits per heavy atom. The van der Waals surface area contributed by atoms with Crippen LogP contribution < -0.4 is 5.32 Å². The molecule has 2 aliphatic heterocycles. The number of unbranched alkanes of at least 4 members (excludes halogenated alkanes) is 2. The number of ether oxygens (including phenoxy) is 1. The minimum atomic E-state index is -0.796. The monoisotopic (exact) mass is 330 g/mol. The Labute approximate surface area is 141 Å². The fraction of sp³-hybridized carbons (Fsp3) is 0.500. The van der Waals surface area contributed by atoms with Crippen molar-refractivity contribution >= 4 is 17.8 Å². The fourth-order valence-corrected chi connectivity index (χ4v) is 3.29. The van der Waals surface area contributed by atoms with Gasteiger partial charge in [0.05, 0.1) is 5.56 Å². The van der Waals surface area contributed by atoms with E-state index in [4.69, 9.17) is 4.74 Å². The molecule has 0 spiro atoms. The summed E-state index contributed by atoms with van der Waals surface area (Å²) >= 11 is 0. The summed E-state index contributed by atoms with van der Waals surface area (Å²) in [4.78, 5) is 38.2. The Morgan fingerprint density at radius 1 is 1.29 bits per heavy atom. The summed E-state index contributed by atoms with van der Waals surface area (Å²) in [6.45, 7) is 2.71. The fourth-order valence-electron chi connectivity index (χ4n) is 3.29. The van der Waals surface area contributed by atoms with Crippen LogP contribution in [0, 0.1) is 0 Å². The standard InChI is InChI=1S/C18H22N2O4/c1-2-3-6-11-19-16(22)14-9-10-15(21)20(14)17-12-7-4-5-8-13(12)18(23)24-17/h4-5,7-8,14,17H,2-3,6,9-11H2,1H3,(H,19,22)/t14-,17?/m0/s1. The number of amides is 2. The van der Waals surface area contributed by atoms with Gasteiger partial charge in [-0.15, -0.1) is 0 Å². The summed E-state index contributed by atoms with van der Waals surface area (Å²) in [6, 6.07) is 6.42. The highest BCUT2D eigenvalue weighted by molar-refractivity contribution is 5.96. The van der Waals surface area contributed by atoms with E-state index in [-0.39, 0.29) is 11.8 Å². The molecule has 2 aliphatic rings. The summed E-state index contributed by atoms with van der Waals surface area (Å²) < 4.78 is 5.40. The summed E-state index contributed by atoms with van der Waals surface area (Å²) in [5.41, 5.74) is 1.12. The topological polar surface area (TPSA) is 75.7 Å². The lowest BCUT2D eigenvalue weighted by Gasteiger charge is -2.29. The Bertz CT molecular complexity index is 658. The molecule has 1 N–H and O–H groups in total. The molecule has 1 aromatic carbocycles. The average Bonchev–Trinajstić information content (AvgIpc) is 3.12. The maximum Gasteiger partial charge on any atom is 0.340 e. The molecule has 128 valence electrons. The van der Waals surface area contributed by atoms with Crippen LogP contribution in [0.4, 0.5) is 0 Å². The number of nitrogens with one attached hydrogen (secondary N) is 1. The van der Waals surface area contributed by atoms with Crippen LogP contribution in [-0.2, 0) is 14.3 Å². The number of esters is 1. The molecule has 0 bridgehead atoms. The molecule has 1 aromatic rings. The van der Waals surface area contributed by atoms with E-state index in [1.807, 2.05) is 0 Å². The smallest absolute Gasteiger partial charge is 0.340 e. The van der Waals surface area contributed by atoms with Crippen molar-refractivity contribution in [3.8, 4) is 0 Å². The highest BCUT2D eigenvalue weighted by atomic mass is 16.6. The third kappa shape index (κ3) is 3.00. The number of hydrogen-bond donors (Lipinski definition) is 1. The maximum absolute atomic E-state index is 12.5. The van der Waals surface area contributed by atoms with Crippen LogP contribution in [-0.4, -0.2) is 35.3 Å². The van der Waals surface area contributed by atoms with E-state index in [1.54, 1.807) is 24.3 Å². The molecule has 0 radical (unpaired) electrons. The Hall–Kier alpha value is -2.37. The van der Waals surface area contributed by atoms with Gasteiger partial charge in [0.1, 0.15) is 6.04 Å². The molecule has 0 aliphatic carbocycles. The first-order valence-electron chi connectivity index (χ1n) is 8.52. The number of hydrogen-bond acceptors (Lipinski definition) is 4. The third-order valence-electron chi connectivity index (χ3n) is 4.56. The summed E-state index contributed by atoms with van der Waals surface area (Å²) in [5, 5.41) is 2.90. The van der Waals surface area contributed by atoms with Crippen molar-refractivity contribution < 1.29 is 19.1 Å². The van der Waals surface area contributed by atoms with Crippen molar-refractivity contribution in [3.05, 3.63) is 35.4 Å². The van der Waals surface area contributed by atoms with Gasteiger partial charge in [-0.25, -0.2) is 4.79 Å². The van der Waals surface area contributed by atoms with Crippen molar-refractivity contribution in [2.75, 3.05) is 6.54 Å². The molecule has 1 unspecified atom stereocenters. The molecule has 3 rings (SSSR count). The van der Waals surface area contributed by atoms with Crippen LogP contribution in [0.25, 0.3) is 0 Å². The lowest BCUT2D eigenvalue weighted by Crippen LogP contribution is -2.46. The van der Waals surface area contributed by atoms with Crippen LogP contribution in [0.1, 0.15) is 61.2 Å². The van der Waals surface area contributed by atoms with Gasteiger partial charge in [-0.1, -0.05) is 38.0 Å². The number of carbonyl (C=O) groups is 3. The van der Waals surface area contributed by atoms with E-state index >= 15 is 0 Å². The molecule has 2 atom stereocenters. The van der Waals surface area contributed by atoms with Gasteiger partial charge in [0.25, 0.3) is 0 Å². The second-order valence-corrected chi connectivity index (χ2v) is 6.20. The van der Waals surface area contributed by atoms with E-state index in [1.165, 1.54) is 4.90 Å². The molecular weight excluding hydrogens is 308 g/mol. The van der Waals surface area contributed by atoms with Crippen molar-refractivity contribution in [1.82, 2.24) is 10.2 Å². The van der Waals surface area contributed by atoms with E-state index in [9.17, 15) is 14.4 Å². The predicted molar refractivity (Wildman–Crippen MR) is 87.0 cm³/mol. The van der Waals surface area contributed by atoms with E-state index in [0.717, 1.165) is 19.3 Å². The highest BCUT2D eigenvalue weighted by Gasteiger charge is 2.46. The first-order chi connectivity index (χ1) is 11.6. The summed E-state index contributed by atoms with van der Waals surface area (Å²) in [5.74, 6) is -0.770. The molecule has 1 saturated heterocycles. The van der Waals surface area contributed by atoms with Gasteiger partial charge in [-0.05, 0) is 18.9 Å². The summed E-state index contributed by atoms with van der Waals surface area (Å²) in [6.07, 6.45) is 3.01. The molecule has 0 saturated carbocycles. The minimum absolute atomic E-state index is 0.154. The van der Waals surface area contributed by atoms with Crippen LogP contribution in [0.2, 0.25) is 0 Å². The largest absolute Gasteiger partial charge is 0.433 e. The van der Waals surface area contributed by atoms with Crippen molar-refractivity contribution in [3.63, 3.8) is 0 Å². The molecule has 1 fully saturated rings. The second kappa shape index (κ2) is 7.03. The second-order valence-electron chi connectivity index (χ2n) is 6.20.